The van der Waals surface area contributed by atoms with Crippen molar-refractivity contribution in [3.8, 4) is 5.75 Å². The number of ether oxygens (including phenoxy) is 2. The summed E-state index contributed by atoms with van der Waals surface area (Å²) in [5.41, 5.74) is -2.55. The van der Waals surface area contributed by atoms with Crippen LogP contribution in [-0.4, -0.2) is 36.3 Å². The molecule has 1 atom stereocenters. The Balaban J connectivity index is 1.72. The Morgan fingerprint density at radius 3 is 2.15 bits per heavy atom. The number of hydrogen-bond acceptors (Lipinski definition) is 4. The lowest BCUT2D eigenvalue weighted by Crippen LogP contribution is -2.70. The first-order valence-corrected chi connectivity index (χ1v) is 10.6. The molecule has 2 saturated heterocycles. The number of rotatable bonds is 4. The molecule has 5 rings (SSSR count). The summed E-state index contributed by atoms with van der Waals surface area (Å²) in [6.07, 6.45) is -4.92. The van der Waals surface area contributed by atoms with Crippen LogP contribution in [0.2, 0.25) is 5.02 Å². The van der Waals surface area contributed by atoms with Crippen molar-refractivity contribution in [2.45, 2.75) is 17.6 Å². The van der Waals surface area contributed by atoms with Gasteiger partial charge in [0.1, 0.15) is 11.3 Å². The van der Waals surface area contributed by atoms with Crippen molar-refractivity contribution in [1.82, 2.24) is 0 Å². The molecule has 0 bridgehead atoms. The minimum absolute atomic E-state index is 0.0474. The van der Waals surface area contributed by atoms with Gasteiger partial charge in [-0.3, -0.25) is 9.80 Å². The number of amides is 2. The Morgan fingerprint density at radius 1 is 0.912 bits per heavy atom. The van der Waals surface area contributed by atoms with E-state index in [2.05, 4.69) is 4.74 Å². The van der Waals surface area contributed by atoms with Gasteiger partial charge < -0.3 is 14.6 Å². The summed E-state index contributed by atoms with van der Waals surface area (Å²) in [5.74, 6) is -0.515. The predicted molar refractivity (Wildman–Crippen MR) is 119 cm³/mol. The Hall–Kier alpha value is -3.27. The number of nitrogens with zero attached hydrogens (tertiary/aromatic N) is 2. The van der Waals surface area contributed by atoms with Crippen molar-refractivity contribution in [3.63, 3.8) is 0 Å². The van der Waals surface area contributed by atoms with Gasteiger partial charge >= 0.3 is 12.4 Å². The van der Waals surface area contributed by atoms with Crippen molar-refractivity contribution in [2.24, 2.45) is 0 Å². The lowest BCUT2D eigenvalue weighted by molar-refractivity contribution is -0.274. The van der Waals surface area contributed by atoms with Crippen LogP contribution in [0.25, 0.3) is 0 Å². The quantitative estimate of drug-likeness (QED) is 0.539. The topological polar surface area (TPSA) is 62.2 Å². The Labute approximate surface area is 197 Å². The molecule has 34 heavy (non-hydrogen) atoms. The molecular formula is C24H18ClF3N2O4. The van der Waals surface area contributed by atoms with E-state index in [4.69, 9.17) is 16.3 Å². The van der Waals surface area contributed by atoms with Crippen LogP contribution in [0.3, 0.4) is 0 Å². The molecule has 176 valence electrons. The van der Waals surface area contributed by atoms with E-state index in [-0.39, 0.29) is 18.8 Å². The van der Waals surface area contributed by atoms with Crippen molar-refractivity contribution >= 4 is 29.0 Å². The zero-order valence-corrected chi connectivity index (χ0v) is 18.3. The van der Waals surface area contributed by atoms with Crippen LogP contribution in [0.1, 0.15) is 5.56 Å². The average molecular weight is 491 g/mol. The van der Waals surface area contributed by atoms with E-state index in [1.807, 2.05) is 0 Å². The molecule has 10 heteroatoms. The second kappa shape index (κ2) is 7.90. The lowest BCUT2D eigenvalue weighted by atomic mass is 9.78. The van der Waals surface area contributed by atoms with E-state index >= 15 is 0 Å². The molecule has 2 aliphatic rings. The number of alkyl halides is 3. The van der Waals surface area contributed by atoms with Gasteiger partial charge in [-0.2, -0.15) is 0 Å². The third-order valence-corrected chi connectivity index (χ3v) is 6.29. The van der Waals surface area contributed by atoms with Crippen LogP contribution in [-0.2, 0) is 10.5 Å². The van der Waals surface area contributed by atoms with Crippen LogP contribution >= 0.6 is 11.6 Å². The highest BCUT2D eigenvalue weighted by Crippen LogP contribution is 2.54. The summed E-state index contributed by atoms with van der Waals surface area (Å²) in [4.78, 5) is 16.5. The van der Waals surface area contributed by atoms with Gasteiger partial charge in [-0.1, -0.05) is 41.9 Å². The van der Waals surface area contributed by atoms with Crippen LogP contribution in [0, 0.1) is 0 Å². The molecule has 0 saturated carbocycles. The van der Waals surface area contributed by atoms with Gasteiger partial charge in [0.05, 0.1) is 13.2 Å². The van der Waals surface area contributed by atoms with Gasteiger partial charge in [0, 0.05) is 22.0 Å². The first-order chi connectivity index (χ1) is 16.2. The van der Waals surface area contributed by atoms with Crippen LogP contribution < -0.4 is 14.5 Å². The highest BCUT2D eigenvalue weighted by atomic mass is 35.5. The fourth-order valence-corrected chi connectivity index (χ4v) is 4.67. The molecule has 1 unspecified atom stereocenters. The highest BCUT2D eigenvalue weighted by Gasteiger charge is 2.72. The third-order valence-electron chi connectivity index (χ3n) is 6.03. The maximum Gasteiger partial charge on any atom is 0.573 e. The second-order valence-electron chi connectivity index (χ2n) is 8.04. The fourth-order valence-electron chi connectivity index (χ4n) is 4.54. The lowest BCUT2D eigenvalue weighted by Gasteiger charge is -2.51. The number of urea groups is 1. The Bertz CT molecular complexity index is 1220. The number of benzene rings is 3. The van der Waals surface area contributed by atoms with E-state index in [0.29, 0.717) is 16.4 Å². The molecule has 0 aliphatic carbocycles. The maximum atomic E-state index is 13.9. The summed E-state index contributed by atoms with van der Waals surface area (Å²) < 4.78 is 48.3. The summed E-state index contributed by atoms with van der Waals surface area (Å²) in [6.45, 7) is -0.100. The number of carbonyl (C=O) groups is 1. The number of anilines is 2. The number of hydrogen-bond donors (Lipinski definition) is 1. The summed E-state index contributed by atoms with van der Waals surface area (Å²) >= 11 is 6.03. The summed E-state index contributed by atoms with van der Waals surface area (Å²) in [6, 6.07) is 19.3. The first kappa shape index (κ1) is 22.5. The van der Waals surface area contributed by atoms with E-state index in [9.17, 15) is 23.1 Å². The number of para-hydroxylation sites is 1. The van der Waals surface area contributed by atoms with Crippen LogP contribution in [0.5, 0.6) is 5.75 Å². The molecule has 2 amide bonds. The highest BCUT2D eigenvalue weighted by molar-refractivity contribution is 6.30. The van der Waals surface area contributed by atoms with Gasteiger partial charge in [0.2, 0.25) is 5.72 Å². The molecule has 2 fully saturated rings. The molecule has 2 heterocycles. The largest absolute Gasteiger partial charge is 0.573 e. The van der Waals surface area contributed by atoms with Gasteiger partial charge in [-0.05, 0) is 48.5 Å². The Kier molecular flexibility index (Phi) is 5.23. The zero-order valence-electron chi connectivity index (χ0n) is 17.5. The molecule has 3 aromatic carbocycles. The third kappa shape index (κ3) is 3.39. The normalized spacial score (nSPS) is 21.6. The summed E-state index contributed by atoms with van der Waals surface area (Å²) in [7, 11) is 0. The number of carbonyl (C=O) groups excluding carboxylic acids is 1. The Morgan fingerprint density at radius 2 is 1.56 bits per heavy atom. The SMILES string of the molecule is O=C1N(c2ccc(Cl)cc2)C2(COC2)C(O)(c2cccc(OC(F)(F)F)c2)N1c1ccccc1. The number of aliphatic hydroxyl groups is 1. The predicted octanol–water partition coefficient (Wildman–Crippen LogP) is 5.30. The second-order valence-corrected chi connectivity index (χ2v) is 8.47. The molecule has 2 aliphatic heterocycles. The molecule has 6 nitrogen and oxygen atoms in total. The van der Waals surface area contributed by atoms with Crippen LogP contribution in [0.15, 0.2) is 78.9 Å². The van der Waals surface area contributed by atoms with Gasteiger partial charge in [-0.25, -0.2) is 4.79 Å². The molecule has 3 aromatic rings. The van der Waals surface area contributed by atoms with Crippen molar-refractivity contribution < 1.29 is 32.5 Å². The van der Waals surface area contributed by atoms with E-state index < -0.39 is 29.4 Å². The fraction of sp³-hybridized carbons (Fsp3) is 0.208. The van der Waals surface area contributed by atoms with E-state index in [1.54, 1.807) is 54.6 Å². The molecule has 1 spiro atoms. The maximum absolute atomic E-state index is 13.9. The minimum atomic E-state index is -4.92. The molecule has 1 N–H and O–H groups in total. The zero-order chi connectivity index (χ0) is 24.1. The van der Waals surface area contributed by atoms with Crippen molar-refractivity contribution in [1.29, 1.82) is 0 Å². The van der Waals surface area contributed by atoms with Gasteiger partial charge in [-0.15, -0.1) is 13.2 Å². The molecule has 0 radical (unpaired) electrons. The van der Waals surface area contributed by atoms with E-state index in [0.717, 1.165) is 12.1 Å². The van der Waals surface area contributed by atoms with E-state index in [1.165, 1.54) is 21.9 Å². The van der Waals surface area contributed by atoms with Crippen molar-refractivity contribution in [2.75, 3.05) is 23.0 Å². The summed E-state index contributed by atoms with van der Waals surface area (Å²) in [5, 5.41) is 12.8. The van der Waals surface area contributed by atoms with Crippen molar-refractivity contribution in [3.05, 3.63) is 89.4 Å². The monoisotopic (exact) mass is 490 g/mol. The van der Waals surface area contributed by atoms with Crippen LogP contribution in [0.4, 0.5) is 29.3 Å². The molecular weight excluding hydrogens is 473 g/mol. The number of halogens is 4. The standard InChI is InChI=1S/C24H18ClF3N2O4/c25-17-9-11-19(12-10-17)29-21(31)30(18-6-2-1-3-7-18)23(32,22(29)14-33-15-22)16-5-4-8-20(13-16)34-24(26,27)28/h1-13,32H,14-15H2. The average Bonchev–Trinajstić information content (AvgIpc) is 2.98. The minimum Gasteiger partial charge on any atom is -0.406 e. The molecule has 0 aromatic heterocycles. The smallest absolute Gasteiger partial charge is 0.406 e. The van der Waals surface area contributed by atoms with Gasteiger partial charge in [0.15, 0.2) is 0 Å². The van der Waals surface area contributed by atoms with Gasteiger partial charge in [0.25, 0.3) is 0 Å². The first-order valence-electron chi connectivity index (χ1n) is 10.3.